The van der Waals surface area contributed by atoms with E-state index in [1.54, 1.807) is 30.6 Å². The van der Waals surface area contributed by atoms with Crippen LogP contribution in [0.1, 0.15) is 10.4 Å². The highest BCUT2D eigenvalue weighted by Gasteiger charge is 2.06. The number of ether oxygens (including phenoxy) is 1. The second-order valence-corrected chi connectivity index (χ2v) is 3.77. The standard InChI is InChI=1S/C12H9ClN2O2/c13-9-4-8(12(14)16)5-11(6-9)17-10-2-1-3-15-7-10/h1-7H,(H2,14,16). The molecule has 4 nitrogen and oxygen atoms in total. The number of nitrogens with zero attached hydrogens (tertiary/aromatic N) is 1. The van der Waals surface area contributed by atoms with Crippen molar-refractivity contribution in [3.63, 3.8) is 0 Å². The van der Waals surface area contributed by atoms with E-state index >= 15 is 0 Å². The molecule has 0 bridgehead atoms. The van der Waals surface area contributed by atoms with Crippen molar-refractivity contribution in [2.24, 2.45) is 5.73 Å². The third-order valence-corrected chi connectivity index (χ3v) is 2.24. The number of aromatic nitrogens is 1. The molecule has 0 spiro atoms. The largest absolute Gasteiger partial charge is 0.456 e. The Bertz CT molecular complexity index is 543. The van der Waals surface area contributed by atoms with Gasteiger partial charge in [0.05, 0.1) is 6.20 Å². The van der Waals surface area contributed by atoms with Gasteiger partial charge in [-0.15, -0.1) is 0 Å². The van der Waals surface area contributed by atoms with Crippen LogP contribution in [0.25, 0.3) is 0 Å². The number of carbonyl (C=O) groups is 1. The summed E-state index contributed by atoms with van der Waals surface area (Å²) in [4.78, 5) is 15.0. The SMILES string of the molecule is NC(=O)c1cc(Cl)cc(Oc2cccnc2)c1. The summed E-state index contributed by atoms with van der Waals surface area (Å²) in [7, 11) is 0. The molecule has 0 aliphatic heterocycles. The van der Waals surface area contributed by atoms with Gasteiger partial charge in [0.15, 0.2) is 0 Å². The third-order valence-electron chi connectivity index (χ3n) is 2.03. The van der Waals surface area contributed by atoms with Crippen LogP contribution < -0.4 is 10.5 Å². The van der Waals surface area contributed by atoms with Crippen molar-refractivity contribution < 1.29 is 9.53 Å². The molecular weight excluding hydrogens is 240 g/mol. The number of halogens is 1. The van der Waals surface area contributed by atoms with Crippen LogP contribution in [-0.2, 0) is 0 Å². The fraction of sp³-hybridized carbons (Fsp3) is 0. The van der Waals surface area contributed by atoms with Crippen molar-refractivity contribution in [3.8, 4) is 11.5 Å². The lowest BCUT2D eigenvalue weighted by Crippen LogP contribution is -2.10. The fourth-order valence-electron chi connectivity index (χ4n) is 1.31. The minimum absolute atomic E-state index is 0.302. The monoisotopic (exact) mass is 248 g/mol. The molecule has 2 rings (SSSR count). The Morgan fingerprint density at radius 2 is 2.12 bits per heavy atom. The molecule has 0 saturated carbocycles. The van der Waals surface area contributed by atoms with Gasteiger partial charge in [-0.1, -0.05) is 11.6 Å². The molecule has 2 aromatic rings. The molecule has 0 aliphatic rings. The van der Waals surface area contributed by atoms with E-state index in [1.165, 1.54) is 12.1 Å². The molecule has 0 aliphatic carbocycles. The number of hydrogen-bond donors (Lipinski definition) is 1. The molecule has 1 amide bonds. The van der Waals surface area contributed by atoms with Gasteiger partial charge >= 0.3 is 0 Å². The quantitative estimate of drug-likeness (QED) is 0.908. The minimum atomic E-state index is -0.552. The van der Waals surface area contributed by atoms with Gasteiger partial charge in [0.25, 0.3) is 0 Å². The van der Waals surface area contributed by atoms with Gasteiger partial charge in [0, 0.05) is 16.8 Å². The van der Waals surface area contributed by atoms with Gasteiger partial charge in [-0.05, 0) is 30.3 Å². The predicted molar refractivity (Wildman–Crippen MR) is 64.3 cm³/mol. The first-order valence-corrected chi connectivity index (χ1v) is 5.21. The molecule has 0 fully saturated rings. The zero-order valence-corrected chi connectivity index (χ0v) is 9.52. The summed E-state index contributed by atoms with van der Waals surface area (Å²) >= 11 is 5.86. The molecule has 0 saturated heterocycles. The van der Waals surface area contributed by atoms with E-state index in [9.17, 15) is 4.79 Å². The van der Waals surface area contributed by atoms with Crippen molar-refractivity contribution in [2.75, 3.05) is 0 Å². The number of benzene rings is 1. The van der Waals surface area contributed by atoms with Gasteiger partial charge in [0.2, 0.25) is 5.91 Å². The summed E-state index contributed by atoms with van der Waals surface area (Å²) in [5.41, 5.74) is 5.48. The molecule has 1 heterocycles. The highest BCUT2D eigenvalue weighted by molar-refractivity contribution is 6.31. The number of amides is 1. The zero-order valence-electron chi connectivity index (χ0n) is 8.76. The predicted octanol–water partition coefficient (Wildman–Crippen LogP) is 2.63. The number of primary amides is 1. The van der Waals surface area contributed by atoms with Gasteiger partial charge in [-0.3, -0.25) is 9.78 Å². The molecule has 0 atom stereocenters. The maximum absolute atomic E-state index is 11.1. The summed E-state index contributed by atoms with van der Waals surface area (Å²) in [5, 5.41) is 0.389. The average Bonchev–Trinajstić information content (AvgIpc) is 2.29. The molecule has 2 N–H and O–H groups in total. The van der Waals surface area contributed by atoms with Crippen molar-refractivity contribution >= 4 is 17.5 Å². The molecule has 86 valence electrons. The van der Waals surface area contributed by atoms with Crippen molar-refractivity contribution in [1.82, 2.24) is 4.98 Å². The second-order valence-electron chi connectivity index (χ2n) is 3.33. The van der Waals surface area contributed by atoms with Crippen LogP contribution in [0.3, 0.4) is 0 Å². The van der Waals surface area contributed by atoms with Crippen LogP contribution >= 0.6 is 11.6 Å². The van der Waals surface area contributed by atoms with E-state index in [2.05, 4.69) is 4.98 Å². The molecule has 17 heavy (non-hydrogen) atoms. The molecule has 0 radical (unpaired) electrons. The van der Waals surface area contributed by atoms with Crippen molar-refractivity contribution in [2.45, 2.75) is 0 Å². The smallest absolute Gasteiger partial charge is 0.248 e. The second kappa shape index (κ2) is 4.84. The first-order chi connectivity index (χ1) is 8.15. The van der Waals surface area contributed by atoms with Gasteiger partial charge in [-0.25, -0.2) is 0 Å². The Morgan fingerprint density at radius 1 is 1.29 bits per heavy atom. The van der Waals surface area contributed by atoms with E-state index in [0.717, 1.165) is 0 Å². The lowest BCUT2D eigenvalue weighted by atomic mass is 10.2. The average molecular weight is 249 g/mol. The van der Waals surface area contributed by atoms with Crippen molar-refractivity contribution in [3.05, 3.63) is 53.3 Å². The Labute approximate surface area is 103 Å². The van der Waals surface area contributed by atoms with Crippen LogP contribution in [0, 0.1) is 0 Å². The lowest BCUT2D eigenvalue weighted by molar-refractivity contribution is 0.1000. The van der Waals surface area contributed by atoms with Crippen molar-refractivity contribution in [1.29, 1.82) is 0 Å². The van der Waals surface area contributed by atoms with Crippen LogP contribution in [0.5, 0.6) is 11.5 Å². The van der Waals surface area contributed by atoms with E-state index in [1.807, 2.05) is 0 Å². The highest BCUT2D eigenvalue weighted by atomic mass is 35.5. The molecule has 1 aromatic heterocycles. The summed E-state index contributed by atoms with van der Waals surface area (Å²) in [5.74, 6) is 0.452. The van der Waals surface area contributed by atoms with Crippen LogP contribution in [-0.4, -0.2) is 10.9 Å². The van der Waals surface area contributed by atoms with E-state index < -0.39 is 5.91 Å². The van der Waals surface area contributed by atoms with Crippen LogP contribution in [0.2, 0.25) is 5.02 Å². The van der Waals surface area contributed by atoms with E-state index in [-0.39, 0.29) is 0 Å². The number of nitrogens with two attached hydrogens (primary N) is 1. The lowest BCUT2D eigenvalue weighted by Gasteiger charge is -2.06. The number of pyridine rings is 1. The van der Waals surface area contributed by atoms with Gasteiger partial charge in [-0.2, -0.15) is 0 Å². The topological polar surface area (TPSA) is 65.2 Å². The zero-order chi connectivity index (χ0) is 12.3. The maximum atomic E-state index is 11.1. The fourth-order valence-corrected chi connectivity index (χ4v) is 1.53. The van der Waals surface area contributed by atoms with Gasteiger partial charge in [0.1, 0.15) is 11.5 Å². The molecule has 0 unspecified atom stereocenters. The first kappa shape index (κ1) is 11.4. The van der Waals surface area contributed by atoms with Gasteiger partial charge < -0.3 is 10.5 Å². The van der Waals surface area contributed by atoms with Crippen LogP contribution in [0.4, 0.5) is 0 Å². The molecule has 1 aromatic carbocycles. The van der Waals surface area contributed by atoms with Crippen LogP contribution in [0.15, 0.2) is 42.7 Å². The Hall–Kier alpha value is -2.07. The summed E-state index contributed by atoms with van der Waals surface area (Å²) in [6, 6.07) is 8.11. The van der Waals surface area contributed by atoms with E-state index in [4.69, 9.17) is 22.1 Å². The summed E-state index contributed by atoms with van der Waals surface area (Å²) in [6.45, 7) is 0. The Balaban J connectivity index is 2.30. The number of rotatable bonds is 3. The Morgan fingerprint density at radius 3 is 2.76 bits per heavy atom. The molecular formula is C12H9ClN2O2. The van der Waals surface area contributed by atoms with E-state index in [0.29, 0.717) is 22.1 Å². The highest BCUT2D eigenvalue weighted by Crippen LogP contribution is 2.25. The summed E-state index contributed by atoms with van der Waals surface area (Å²) in [6.07, 6.45) is 3.20. The summed E-state index contributed by atoms with van der Waals surface area (Å²) < 4.78 is 5.50. The number of hydrogen-bond acceptors (Lipinski definition) is 3. The normalized spacial score (nSPS) is 9.94. The Kier molecular flexibility index (Phi) is 3.25. The molecule has 5 heteroatoms. The third kappa shape index (κ3) is 2.95. The number of carbonyl (C=O) groups excluding carboxylic acids is 1. The maximum Gasteiger partial charge on any atom is 0.248 e. The minimum Gasteiger partial charge on any atom is -0.456 e. The first-order valence-electron chi connectivity index (χ1n) is 4.83.